The van der Waals surface area contributed by atoms with Crippen molar-refractivity contribution in [1.29, 1.82) is 0 Å². The van der Waals surface area contributed by atoms with Gasteiger partial charge in [0.2, 0.25) is 0 Å². The second-order valence-corrected chi connectivity index (χ2v) is 18.4. The van der Waals surface area contributed by atoms with E-state index in [1.54, 1.807) is 21.1 Å². The maximum atomic E-state index is 12.8. The Balaban J connectivity index is 4.28. The van der Waals surface area contributed by atoms with Gasteiger partial charge < -0.3 is 28.6 Å². The molecule has 0 aliphatic heterocycles. The second-order valence-electron chi connectivity index (χ2n) is 18.4. The Morgan fingerprint density at radius 1 is 0.492 bits per heavy atom. The van der Waals surface area contributed by atoms with E-state index in [2.05, 4.69) is 50.3 Å². The molecule has 2 atom stereocenters. The van der Waals surface area contributed by atoms with Crippen LogP contribution >= 0.6 is 0 Å². The molecule has 0 spiro atoms. The first-order chi connectivity index (χ1) is 29.6. The highest BCUT2D eigenvalue weighted by Crippen LogP contribution is 2.15. The predicted molar refractivity (Wildman–Crippen MR) is 254 cm³/mol. The Morgan fingerprint density at radius 3 is 1.30 bits per heavy atom. The summed E-state index contributed by atoms with van der Waals surface area (Å²) in [7, 11) is 5.41. The number of quaternary nitrogens is 1. The number of carbonyl (C=O) groups is 3. The zero-order chi connectivity index (χ0) is 44.9. The van der Waals surface area contributed by atoms with Gasteiger partial charge in [0.05, 0.1) is 40.3 Å². The van der Waals surface area contributed by atoms with Gasteiger partial charge >= 0.3 is 11.9 Å². The highest BCUT2D eigenvalue weighted by atomic mass is 16.6. The molecule has 0 radical (unpaired) electrons. The lowest BCUT2D eigenvalue weighted by atomic mass is 10.1. The maximum absolute atomic E-state index is 12.8. The van der Waals surface area contributed by atoms with Gasteiger partial charge in [0, 0.05) is 19.3 Å². The van der Waals surface area contributed by atoms with Crippen LogP contribution in [0.5, 0.6) is 0 Å². The molecule has 0 saturated carbocycles. The van der Waals surface area contributed by atoms with Crippen molar-refractivity contribution >= 4 is 17.9 Å². The molecule has 0 bridgehead atoms. The van der Waals surface area contributed by atoms with E-state index < -0.39 is 18.1 Å². The van der Waals surface area contributed by atoms with E-state index in [1.807, 2.05) is 0 Å². The molecular formula is C53H97NO7. The van der Waals surface area contributed by atoms with Gasteiger partial charge in [-0.25, -0.2) is 0 Å². The van der Waals surface area contributed by atoms with Crippen LogP contribution in [-0.2, 0) is 28.6 Å². The minimum Gasteiger partial charge on any atom is -0.544 e. The molecule has 0 aromatic carbocycles. The number of likely N-dealkylation sites (N-methyl/N-ethyl adjacent to an activating group) is 1. The largest absolute Gasteiger partial charge is 0.544 e. The molecule has 61 heavy (non-hydrogen) atoms. The lowest BCUT2D eigenvalue weighted by Gasteiger charge is -2.34. The fourth-order valence-corrected chi connectivity index (χ4v) is 7.53. The SMILES string of the molecule is CCCCCCCCC/C=C/C=C/CCCCCC(=O)OCC(COCCC(C(=O)[O-])[N+](C)(C)C)OC(=O)CCCCCCCCC/C=C/CCCCCCCCCCCC. The monoisotopic (exact) mass is 860 g/mol. The highest BCUT2D eigenvalue weighted by Gasteiger charge is 2.25. The standard InChI is InChI=1S/C53H97NO7/c1-6-8-10-12-14-16-18-20-22-24-25-26-27-28-30-32-34-36-38-40-42-44-52(56)61-49(47-59-46-45-50(53(57)58)54(3,4)5)48-60-51(55)43-41-39-37-35-33-31-29-23-21-19-17-15-13-11-9-7-2/h23,26-27,29,31,33,49-50H,6-22,24-25,28,30,32,34-48H2,1-5H3/b27-26+,29-23+,33-31+. The number of unbranched alkanes of at least 4 members (excludes halogenated alkanes) is 27. The van der Waals surface area contributed by atoms with Crippen LogP contribution < -0.4 is 5.11 Å². The normalized spacial score (nSPS) is 13.1. The number of carboxylic acid groups (broad SMARTS) is 1. The van der Waals surface area contributed by atoms with Crippen molar-refractivity contribution in [3.63, 3.8) is 0 Å². The number of aliphatic carboxylic acids is 1. The molecule has 0 N–H and O–H groups in total. The molecule has 0 heterocycles. The number of allylic oxidation sites excluding steroid dienone is 6. The summed E-state index contributed by atoms with van der Waals surface area (Å²) in [6, 6.07) is -0.730. The number of esters is 2. The summed E-state index contributed by atoms with van der Waals surface area (Å²) in [5.74, 6) is -1.77. The van der Waals surface area contributed by atoms with Crippen LogP contribution in [0.25, 0.3) is 0 Å². The van der Waals surface area contributed by atoms with E-state index in [0.717, 1.165) is 51.4 Å². The van der Waals surface area contributed by atoms with Crippen LogP contribution in [0.1, 0.15) is 232 Å². The fourth-order valence-electron chi connectivity index (χ4n) is 7.53. The molecular weight excluding hydrogens is 763 g/mol. The Kier molecular flexibility index (Phi) is 42.4. The van der Waals surface area contributed by atoms with Crippen LogP contribution in [0.4, 0.5) is 0 Å². The number of hydrogen-bond donors (Lipinski definition) is 0. The minimum absolute atomic E-state index is 0.0320. The number of carboxylic acids is 1. The Morgan fingerprint density at radius 2 is 0.869 bits per heavy atom. The minimum atomic E-state index is -1.13. The van der Waals surface area contributed by atoms with E-state index in [9.17, 15) is 19.5 Å². The maximum Gasteiger partial charge on any atom is 0.306 e. The zero-order valence-electron chi connectivity index (χ0n) is 40.6. The van der Waals surface area contributed by atoms with Gasteiger partial charge in [0.1, 0.15) is 12.6 Å². The number of hydrogen-bond acceptors (Lipinski definition) is 7. The lowest BCUT2D eigenvalue weighted by molar-refractivity contribution is -0.889. The number of nitrogens with zero attached hydrogens (tertiary/aromatic N) is 1. The number of ether oxygens (including phenoxy) is 3. The second kappa shape index (κ2) is 44.2. The molecule has 0 aliphatic rings. The molecule has 0 rings (SSSR count). The highest BCUT2D eigenvalue weighted by molar-refractivity contribution is 5.70. The van der Waals surface area contributed by atoms with E-state index >= 15 is 0 Å². The third-order valence-electron chi connectivity index (χ3n) is 11.5. The van der Waals surface area contributed by atoms with Crippen molar-refractivity contribution in [3.8, 4) is 0 Å². The summed E-state index contributed by atoms with van der Waals surface area (Å²) in [5, 5.41) is 11.7. The average Bonchev–Trinajstić information content (AvgIpc) is 3.22. The summed E-state index contributed by atoms with van der Waals surface area (Å²) in [6.45, 7) is 4.65. The molecule has 0 aromatic heterocycles. The van der Waals surface area contributed by atoms with E-state index in [1.165, 1.54) is 148 Å². The van der Waals surface area contributed by atoms with E-state index in [-0.39, 0.29) is 42.7 Å². The first kappa shape index (κ1) is 58.6. The summed E-state index contributed by atoms with van der Waals surface area (Å²) in [4.78, 5) is 37.0. The summed E-state index contributed by atoms with van der Waals surface area (Å²) >= 11 is 0. The van der Waals surface area contributed by atoms with Gasteiger partial charge in [-0.05, 0) is 64.2 Å². The molecule has 356 valence electrons. The van der Waals surface area contributed by atoms with Gasteiger partial charge in [-0.2, -0.15) is 0 Å². The molecule has 0 amide bonds. The molecule has 0 aromatic rings. The van der Waals surface area contributed by atoms with E-state index in [0.29, 0.717) is 12.8 Å². The Labute approximate surface area is 376 Å². The Bertz CT molecular complexity index is 1090. The molecule has 8 heteroatoms. The third kappa shape index (κ3) is 42.6. The van der Waals surface area contributed by atoms with Gasteiger partial charge in [-0.15, -0.1) is 0 Å². The van der Waals surface area contributed by atoms with Crippen molar-refractivity contribution in [2.24, 2.45) is 0 Å². The number of rotatable bonds is 46. The summed E-state index contributed by atoms with van der Waals surface area (Å²) < 4.78 is 17.2. The zero-order valence-corrected chi connectivity index (χ0v) is 40.6. The van der Waals surface area contributed by atoms with Crippen molar-refractivity contribution in [2.75, 3.05) is 41.0 Å². The smallest absolute Gasteiger partial charge is 0.306 e. The van der Waals surface area contributed by atoms with Crippen molar-refractivity contribution in [3.05, 3.63) is 36.5 Å². The number of carbonyl (C=O) groups excluding carboxylic acids is 3. The first-order valence-corrected chi connectivity index (χ1v) is 25.5. The van der Waals surface area contributed by atoms with E-state index in [4.69, 9.17) is 14.2 Å². The first-order valence-electron chi connectivity index (χ1n) is 25.5. The van der Waals surface area contributed by atoms with Crippen LogP contribution in [0, 0.1) is 0 Å². The summed E-state index contributed by atoms with van der Waals surface area (Å²) in [6.07, 6.45) is 51.8. The molecule has 8 nitrogen and oxygen atoms in total. The van der Waals surface area contributed by atoms with Gasteiger partial charge in [0.25, 0.3) is 0 Å². The van der Waals surface area contributed by atoms with Crippen molar-refractivity contribution in [1.82, 2.24) is 0 Å². The quantitative estimate of drug-likeness (QED) is 0.0197. The summed E-state index contributed by atoms with van der Waals surface area (Å²) in [5.41, 5.74) is 0. The molecule has 0 aliphatic carbocycles. The van der Waals surface area contributed by atoms with Gasteiger partial charge in [-0.3, -0.25) is 9.59 Å². The van der Waals surface area contributed by atoms with Crippen LogP contribution in [0.15, 0.2) is 36.5 Å². The van der Waals surface area contributed by atoms with Crippen LogP contribution in [-0.4, -0.2) is 75.5 Å². The average molecular weight is 860 g/mol. The van der Waals surface area contributed by atoms with Gasteiger partial charge in [0.15, 0.2) is 6.10 Å². The molecule has 2 unspecified atom stereocenters. The van der Waals surface area contributed by atoms with Gasteiger partial charge in [-0.1, -0.05) is 185 Å². The van der Waals surface area contributed by atoms with Crippen LogP contribution in [0.3, 0.4) is 0 Å². The third-order valence-corrected chi connectivity index (χ3v) is 11.5. The topological polar surface area (TPSA) is 102 Å². The van der Waals surface area contributed by atoms with Crippen molar-refractivity contribution < 1.29 is 38.2 Å². The predicted octanol–water partition coefficient (Wildman–Crippen LogP) is 13.3. The van der Waals surface area contributed by atoms with Crippen LogP contribution in [0.2, 0.25) is 0 Å². The Hall–Kier alpha value is -2.45. The molecule has 0 fully saturated rings. The fraction of sp³-hybridized carbons (Fsp3) is 0.830. The van der Waals surface area contributed by atoms with Crippen molar-refractivity contribution in [2.45, 2.75) is 244 Å². The molecule has 0 saturated heterocycles. The lowest BCUT2D eigenvalue weighted by Crippen LogP contribution is -2.55.